The molecule has 20 N–H and O–H groups in total. The Morgan fingerprint density at radius 3 is 2.22 bits per heavy atom. The van der Waals surface area contributed by atoms with Gasteiger partial charge in [-0.05, 0) is 25.8 Å². The van der Waals surface area contributed by atoms with E-state index in [-0.39, 0.29) is 45.2 Å². The van der Waals surface area contributed by atoms with E-state index in [2.05, 4.69) is 10.6 Å². The topological polar surface area (TPSA) is 356 Å². The van der Waals surface area contributed by atoms with Crippen LogP contribution in [0, 0.1) is 5.92 Å². The average Bonchev–Trinajstić information content (AvgIpc) is 3.03. The number of aliphatic hydroxyl groups excluding tert-OH is 6. The second kappa shape index (κ2) is 17.8. The van der Waals surface area contributed by atoms with E-state index in [1.165, 1.54) is 0 Å². The second-order valence-corrected chi connectivity index (χ2v) is 12.0. The van der Waals surface area contributed by atoms with Gasteiger partial charge in [-0.3, -0.25) is 4.79 Å². The van der Waals surface area contributed by atoms with E-state index in [4.69, 9.17) is 53.3 Å². The van der Waals surface area contributed by atoms with Crippen molar-refractivity contribution in [1.82, 2.24) is 10.6 Å². The molecular formula is C26H54N8O11. The van der Waals surface area contributed by atoms with E-state index in [9.17, 15) is 35.4 Å². The molecule has 1 amide bonds. The predicted molar refractivity (Wildman–Crippen MR) is 157 cm³/mol. The zero-order chi connectivity index (χ0) is 33.4. The molecule has 0 aromatic carbocycles. The van der Waals surface area contributed by atoms with E-state index in [0.717, 1.165) is 0 Å². The Balaban J connectivity index is 1.99. The van der Waals surface area contributed by atoms with Crippen molar-refractivity contribution in [2.45, 2.75) is 111 Å². The monoisotopic (exact) mass is 654 g/mol. The quantitative estimate of drug-likeness (QED) is 0.0779. The van der Waals surface area contributed by atoms with Gasteiger partial charge in [0, 0.05) is 38.1 Å². The van der Waals surface area contributed by atoms with Gasteiger partial charge in [0.05, 0.1) is 36.9 Å². The van der Waals surface area contributed by atoms with Gasteiger partial charge in [0.15, 0.2) is 12.6 Å². The number of ether oxygens (including phenoxy) is 4. The summed E-state index contributed by atoms with van der Waals surface area (Å²) >= 11 is 0. The summed E-state index contributed by atoms with van der Waals surface area (Å²) in [6, 6.07) is -4.08. The maximum absolute atomic E-state index is 13.1. The molecule has 19 heteroatoms. The van der Waals surface area contributed by atoms with Crippen LogP contribution in [0.5, 0.6) is 0 Å². The Kier molecular flexibility index (Phi) is 15.1. The SMILES string of the molecule is NCC[C@H](O)C(=O)N[C@@H]1C(CNCC(O)CN)[C@H](N)C(O[C@@H]2OC(CN)CCC2N)C(O)[C@@H]1O[C@@H]1OC(CO)[C@H](O)[C@H](N)C1O. The molecule has 0 aromatic heterocycles. The van der Waals surface area contributed by atoms with Crippen LogP contribution in [0.15, 0.2) is 0 Å². The van der Waals surface area contributed by atoms with Crippen LogP contribution in [0.3, 0.4) is 0 Å². The number of hydrogen-bond donors (Lipinski definition) is 14. The molecule has 2 heterocycles. The second-order valence-electron chi connectivity index (χ2n) is 12.0. The van der Waals surface area contributed by atoms with Crippen LogP contribution >= 0.6 is 0 Å². The average molecular weight is 655 g/mol. The Morgan fingerprint density at radius 2 is 1.60 bits per heavy atom. The number of rotatable bonds is 15. The van der Waals surface area contributed by atoms with E-state index >= 15 is 0 Å². The minimum absolute atomic E-state index is 0.00943. The number of aliphatic hydroxyl groups is 6. The fourth-order valence-corrected chi connectivity index (χ4v) is 5.91. The Morgan fingerprint density at radius 1 is 0.911 bits per heavy atom. The molecule has 1 aliphatic carbocycles. The van der Waals surface area contributed by atoms with E-state index in [0.29, 0.717) is 12.8 Å². The number of carbonyl (C=O) groups is 1. The van der Waals surface area contributed by atoms with E-state index in [1.54, 1.807) is 0 Å². The van der Waals surface area contributed by atoms with Crippen LogP contribution < -0.4 is 45.0 Å². The van der Waals surface area contributed by atoms with Crippen molar-refractivity contribution in [3.05, 3.63) is 0 Å². The lowest BCUT2D eigenvalue weighted by atomic mass is 9.74. The lowest BCUT2D eigenvalue weighted by molar-refractivity contribution is -0.317. The Labute approximate surface area is 261 Å². The van der Waals surface area contributed by atoms with Crippen LogP contribution in [0.1, 0.15) is 19.3 Å². The molecule has 1 saturated carbocycles. The van der Waals surface area contributed by atoms with E-state index < -0.39 is 104 Å². The zero-order valence-corrected chi connectivity index (χ0v) is 25.3. The van der Waals surface area contributed by atoms with E-state index in [1.807, 2.05) is 0 Å². The van der Waals surface area contributed by atoms with Crippen molar-refractivity contribution in [2.24, 2.45) is 40.3 Å². The molecule has 264 valence electrons. The molecule has 3 rings (SSSR count). The van der Waals surface area contributed by atoms with Gasteiger partial charge in [-0.25, -0.2) is 0 Å². The first-order valence-corrected chi connectivity index (χ1v) is 15.4. The Bertz CT molecular complexity index is 900. The number of nitrogens with two attached hydrogens (primary N) is 6. The first-order chi connectivity index (χ1) is 21.4. The summed E-state index contributed by atoms with van der Waals surface area (Å²) in [5.74, 6) is -1.65. The van der Waals surface area contributed by atoms with Crippen LogP contribution in [-0.4, -0.2) is 168 Å². The van der Waals surface area contributed by atoms with Gasteiger partial charge >= 0.3 is 0 Å². The smallest absolute Gasteiger partial charge is 0.249 e. The molecule has 0 aromatic rings. The third-order valence-electron chi connectivity index (χ3n) is 8.73. The fourth-order valence-electron chi connectivity index (χ4n) is 5.91. The molecule has 3 aliphatic rings. The van der Waals surface area contributed by atoms with Crippen molar-refractivity contribution in [1.29, 1.82) is 0 Å². The number of nitrogens with one attached hydrogen (secondary N) is 2. The minimum atomic E-state index is -1.62. The summed E-state index contributed by atoms with van der Waals surface area (Å²) < 4.78 is 23.8. The summed E-state index contributed by atoms with van der Waals surface area (Å²) in [5, 5.41) is 68.8. The van der Waals surface area contributed by atoms with Gasteiger partial charge in [-0.15, -0.1) is 0 Å². The van der Waals surface area contributed by atoms with Crippen LogP contribution in [0.2, 0.25) is 0 Å². The van der Waals surface area contributed by atoms with Crippen LogP contribution in [0.25, 0.3) is 0 Å². The van der Waals surface area contributed by atoms with Gasteiger partial charge in [0.2, 0.25) is 5.91 Å². The van der Waals surface area contributed by atoms with Gasteiger partial charge in [0.25, 0.3) is 0 Å². The largest absolute Gasteiger partial charge is 0.394 e. The van der Waals surface area contributed by atoms with Crippen molar-refractivity contribution >= 4 is 5.91 Å². The molecule has 0 radical (unpaired) electrons. The molecule has 0 spiro atoms. The fraction of sp³-hybridized carbons (Fsp3) is 0.962. The maximum Gasteiger partial charge on any atom is 0.249 e. The molecule has 16 atom stereocenters. The highest BCUT2D eigenvalue weighted by molar-refractivity contribution is 5.80. The van der Waals surface area contributed by atoms with Gasteiger partial charge in [-0.1, -0.05) is 0 Å². The molecule has 45 heavy (non-hydrogen) atoms. The van der Waals surface area contributed by atoms with Crippen LogP contribution in [0.4, 0.5) is 0 Å². The molecule has 8 unspecified atom stereocenters. The van der Waals surface area contributed by atoms with Gasteiger partial charge in [0.1, 0.15) is 42.7 Å². The predicted octanol–water partition coefficient (Wildman–Crippen LogP) is -8.26. The maximum atomic E-state index is 13.1. The Hall–Kier alpha value is -1.21. The summed E-state index contributed by atoms with van der Waals surface area (Å²) in [6.45, 7) is -0.389. The third-order valence-corrected chi connectivity index (χ3v) is 8.73. The summed E-state index contributed by atoms with van der Waals surface area (Å²) in [5.41, 5.74) is 35.8. The van der Waals surface area contributed by atoms with Crippen molar-refractivity contribution in [3.8, 4) is 0 Å². The van der Waals surface area contributed by atoms with Crippen LogP contribution in [-0.2, 0) is 23.7 Å². The van der Waals surface area contributed by atoms with Gasteiger partial charge < -0.3 is 94.6 Å². The van der Waals surface area contributed by atoms with Crippen molar-refractivity contribution < 1.29 is 54.4 Å². The number of amides is 1. The number of carbonyl (C=O) groups excluding carboxylic acids is 1. The number of hydrogen-bond acceptors (Lipinski definition) is 18. The molecule has 2 saturated heterocycles. The standard InChI is InChI=1S/C26H54N8O11/c27-4-3-14(37)24(41)34-18-12(8-33-7-10(36)5-28)16(31)22(44-25-13(30)2-1-11(6-29)42-25)21(40)23(18)45-26-20(39)17(32)19(38)15(9-35)43-26/h10-23,25-26,33,35-40H,1-9,27-32H2,(H,34,41)/t10?,11?,12?,13?,14-,15?,16-,17-,18+,19-,20?,21?,22?,23+,25-,26-/m0/s1. The van der Waals surface area contributed by atoms with Gasteiger partial charge in [-0.2, -0.15) is 0 Å². The highest BCUT2D eigenvalue weighted by atomic mass is 16.7. The molecule has 19 nitrogen and oxygen atoms in total. The lowest BCUT2D eigenvalue weighted by Crippen LogP contribution is -2.73. The van der Waals surface area contributed by atoms with Crippen molar-refractivity contribution in [3.63, 3.8) is 0 Å². The lowest BCUT2D eigenvalue weighted by Gasteiger charge is -2.51. The summed E-state index contributed by atoms with van der Waals surface area (Å²) in [6.07, 6.45) is -12.9. The molecule has 0 bridgehead atoms. The minimum Gasteiger partial charge on any atom is -0.394 e. The molecular weight excluding hydrogens is 600 g/mol. The first kappa shape index (κ1) is 38.2. The highest BCUT2D eigenvalue weighted by Gasteiger charge is 2.54. The third kappa shape index (κ3) is 9.45. The molecule has 3 fully saturated rings. The zero-order valence-electron chi connectivity index (χ0n) is 25.3. The normalized spacial score (nSPS) is 42.2. The highest BCUT2D eigenvalue weighted by Crippen LogP contribution is 2.34. The first-order valence-electron chi connectivity index (χ1n) is 15.4. The molecule has 2 aliphatic heterocycles. The summed E-state index contributed by atoms with van der Waals surface area (Å²) in [7, 11) is 0. The summed E-state index contributed by atoms with van der Waals surface area (Å²) in [4.78, 5) is 13.1. The van der Waals surface area contributed by atoms with Crippen molar-refractivity contribution in [2.75, 3.05) is 39.3 Å².